The first-order valence-electron chi connectivity index (χ1n) is 14.0. The summed E-state index contributed by atoms with van der Waals surface area (Å²) in [5.74, 6) is -1.03. The van der Waals surface area contributed by atoms with Crippen LogP contribution in [0.2, 0.25) is 0 Å². The topological polar surface area (TPSA) is 125 Å². The molecule has 230 valence electrons. The highest BCUT2D eigenvalue weighted by molar-refractivity contribution is 7.92. The Balaban J connectivity index is 1.50. The summed E-state index contributed by atoms with van der Waals surface area (Å²) in [7, 11) is -3.95. The van der Waals surface area contributed by atoms with Gasteiger partial charge in [-0.3, -0.25) is 14.3 Å². The number of ether oxygens (including phenoxy) is 1. The second kappa shape index (κ2) is 15.6. The zero-order chi connectivity index (χ0) is 31.4. The van der Waals surface area contributed by atoms with E-state index in [1.807, 2.05) is 60.7 Å². The molecule has 11 heteroatoms. The molecule has 2 amide bonds. The molecule has 0 aliphatic heterocycles. The number of benzene rings is 4. The quantitative estimate of drug-likeness (QED) is 0.172. The van der Waals surface area contributed by atoms with Gasteiger partial charge in [-0.05, 0) is 66.1 Å². The summed E-state index contributed by atoms with van der Waals surface area (Å²) in [4.78, 5) is 28.5. The van der Waals surface area contributed by atoms with Gasteiger partial charge in [-0.15, -0.1) is 0 Å². The Kier molecular flexibility index (Phi) is 11.4. The average Bonchev–Trinajstić information content (AvgIpc) is 3.04. The summed E-state index contributed by atoms with van der Waals surface area (Å²) >= 11 is 0. The minimum absolute atomic E-state index is 0.0475. The maximum atomic E-state index is 13.7. The molecule has 0 aliphatic carbocycles. The molecular formula is C33H34FN3O6S. The molecule has 0 bridgehead atoms. The second-order valence-corrected chi connectivity index (χ2v) is 11.6. The number of rotatable bonds is 15. The van der Waals surface area contributed by atoms with E-state index in [-0.39, 0.29) is 48.4 Å². The molecule has 0 aromatic heterocycles. The maximum Gasteiger partial charge on any atom is 0.261 e. The van der Waals surface area contributed by atoms with E-state index >= 15 is 0 Å². The summed E-state index contributed by atoms with van der Waals surface area (Å²) in [6.45, 7) is -0.0650. The van der Waals surface area contributed by atoms with Crippen LogP contribution in [0.15, 0.2) is 114 Å². The van der Waals surface area contributed by atoms with Gasteiger partial charge in [-0.25, -0.2) is 12.8 Å². The number of sulfonamides is 1. The normalized spacial score (nSPS) is 11.8. The first-order valence-corrected chi connectivity index (χ1v) is 15.5. The molecule has 0 saturated carbocycles. The summed E-state index contributed by atoms with van der Waals surface area (Å²) in [6, 6.07) is 28.2. The number of anilines is 1. The molecule has 0 heterocycles. The highest BCUT2D eigenvalue weighted by atomic mass is 32.2. The van der Waals surface area contributed by atoms with Crippen molar-refractivity contribution in [2.45, 2.75) is 30.3 Å². The zero-order valence-corrected chi connectivity index (χ0v) is 24.8. The van der Waals surface area contributed by atoms with Crippen molar-refractivity contribution in [3.63, 3.8) is 0 Å². The van der Waals surface area contributed by atoms with E-state index in [0.717, 1.165) is 23.3 Å². The third kappa shape index (κ3) is 9.38. The van der Waals surface area contributed by atoms with Crippen molar-refractivity contribution in [2.75, 3.05) is 24.5 Å². The Morgan fingerprint density at radius 3 is 2.07 bits per heavy atom. The largest absolute Gasteiger partial charge is 0.484 e. The number of hydrogen-bond donors (Lipinski definition) is 3. The van der Waals surface area contributed by atoms with Crippen LogP contribution in [0, 0.1) is 5.82 Å². The molecule has 4 rings (SSSR count). The lowest BCUT2D eigenvalue weighted by atomic mass is 10.0. The summed E-state index contributed by atoms with van der Waals surface area (Å²) < 4.78 is 46.8. The fraction of sp³-hybridized carbons (Fsp3) is 0.212. The van der Waals surface area contributed by atoms with Gasteiger partial charge in [0.25, 0.3) is 15.9 Å². The number of carbonyl (C=O) groups excluding carboxylic acids is 2. The summed E-state index contributed by atoms with van der Waals surface area (Å²) in [5.41, 5.74) is 1.90. The van der Waals surface area contributed by atoms with Crippen LogP contribution in [0.5, 0.6) is 5.75 Å². The number of carbonyl (C=O) groups is 2. The third-order valence-electron chi connectivity index (χ3n) is 6.69. The second-order valence-electron chi connectivity index (χ2n) is 9.95. The SMILES string of the molecule is O=C(NCCCO)C(Cc1ccccc1)N(Cc1ccccc1)C(=O)COc1ccc(S(=O)(=O)Nc2ccc(F)cc2)cc1. The van der Waals surface area contributed by atoms with Crippen molar-refractivity contribution in [3.05, 3.63) is 126 Å². The monoisotopic (exact) mass is 619 g/mol. The predicted molar refractivity (Wildman–Crippen MR) is 165 cm³/mol. The van der Waals surface area contributed by atoms with Crippen molar-refractivity contribution in [1.82, 2.24) is 10.2 Å². The van der Waals surface area contributed by atoms with E-state index in [1.165, 1.54) is 41.3 Å². The molecule has 0 aliphatic rings. The van der Waals surface area contributed by atoms with E-state index in [1.54, 1.807) is 0 Å². The number of aliphatic hydroxyl groups is 1. The van der Waals surface area contributed by atoms with E-state index in [0.29, 0.717) is 6.42 Å². The minimum Gasteiger partial charge on any atom is -0.484 e. The molecule has 4 aromatic carbocycles. The molecule has 0 spiro atoms. The highest BCUT2D eigenvalue weighted by Crippen LogP contribution is 2.21. The smallest absolute Gasteiger partial charge is 0.261 e. The fourth-order valence-corrected chi connectivity index (χ4v) is 5.48. The first-order chi connectivity index (χ1) is 21.2. The number of nitrogens with zero attached hydrogens (tertiary/aromatic N) is 1. The molecule has 0 saturated heterocycles. The Hall–Kier alpha value is -4.74. The predicted octanol–water partition coefficient (Wildman–Crippen LogP) is 4.14. The Morgan fingerprint density at radius 2 is 1.45 bits per heavy atom. The summed E-state index contributed by atoms with van der Waals surface area (Å²) in [5, 5.41) is 12.0. The van der Waals surface area contributed by atoms with Crippen molar-refractivity contribution in [3.8, 4) is 5.75 Å². The molecule has 0 fully saturated rings. The number of halogens is 1. The van der Waals surface area contributed by atoms with Crippen LogP contribution >= 0.6 is 0 Å². The summed E-state index contributed by atoms with van der Waals surface area (Å²) in [6.07, 6.45) is 0.642. The number of aliphatic hydroxyl groups excluding tert-OH is 1. The van der Waals surface area contributed by atoms with Gasteiger partial charge in [0, 0.05) is 31.8 Å². The lowest BCUT2D eigenvalue weighted by molar-refractivity contribution is -0.142. The van der Waals surface area contributed by atoms with Gasteiger partial charge in [0.1, 0.15) is 17.6 Å². The van der Waals surface area contributed by atoms with Crippen molar-refractivity contribution in [1.29, 1.82) is 0 Å². The number of amides is 2. The van der Waals surface area contributed by atoms with Crippen LogP contribution in [0.3, 0.4) is 0 Å². The van der Waals surface area contributed by atoms with Gasteiger partial charge in [0.2, 0.25) is 5.91 Å². The van der Waals surface area contributed by atoms with Crippen LogP contribution in [0.25, 0.3) is 0 Å². The molecule has 1 atom stereocenters. The molecule has 44 heavy (non-hydrogen) atoms. The van der Waals surface area contributed by atoms with Gasteiger partial charge < -0.3 is 20.1 Å². The van der Waals surface area contributed by atoms with Crippen LogP contribution in [0.4, 0.5) is 10.1 Å². The van der Waals surface area contributed by atoms with Crippen LogP contribution in [0.1, 0.15) is 17.5 Å². The Labute approximate surface area is 256 Å². The van der Waals surface area contributed by atoms with Crippen molar-refractivity contribution < 1.29 is 32.2 Å². The maximum absolute atomic E-state index is 13.7. The van der Waals surface area contributed by atoms with Crippen LogP contribution in [-0.2, 0) is 32.6 Å². The zero-order valence-electron chi connectivity index (χ0n) is 23.9. The lowest BCUT2D eigenvalue weighted by Gasteiger charge is -2.31. The standard InChI is InChI=1S/C33H34FN3O6S/c34-27-12-14-28(15-13-27)36-44(41,42)30-18-16-29(17-19-30)43-24-32(39)37(23-26-10-5-2-6-11-26)31(33(40)35-20-7-21-38)22-25-8-3-1-4-9-25/h1-6,8-19,31,36,38H,7,20-24H2,(H,35,40). The van der Waals surface area contributed by atoms with E-state index < -0.39 is 34.4 Å². The molecule has 4 aromatic rings. The van der Waals surface area contributed by atoms with Crippen molar-refractivity contribution >= 4 is 27.5 Å². The van der Waals surface area contributed by atoms with E-state index in [4.69, 9.17) is 4.74 Å². The molecule has 1 unspecified atom stereocenters. The first kappa shape index (κ1) is 32.2. The average molecular weight is 620 g/mol. The minimum atomic E-state index is -3.95. The van der Waals surface area contributed by atoms with Gasteiger partial charge in [-0.1, -0.05) is 60.7 Å². The van der Waals surface area contributed by atoms with Gasteiger partial charge in [0.05, 0.1) is 4.90 Å². The van der Waals surface area contributed by atoms with E-state index in [2.05, 4.69) is 10.0 Å². The van der Waals surface area contributed by atoms with Gasteiger partial charge in [-0.2, -0.15) is 0 Å². The van der Waals surface area contributed by atoms with Gasteiger partial charge in [0.15, 0.2) is 6.61 Å². The Morgan fingerprint density at radius 1 is 0.841 bits per heavy atom. The fourth-order valence-electron chi connectivity index (χ4n) is 4.42. The van der Waals surface area contributed by atoms with Gasteiger partial charge >= 0.3 is 0 Å². The molecule has 9 nitrogen and oxygen atoms in total. The van der Waals surface area contributed by atoms with Crippen LogP contribution < -0.4 is 14.8 Å². The highest BCUT2D eigenvalue weighted by Gasteiger charge is 2.30. The van der Waals surface area contributed by atoms with E-state index in [9.17, 15) is 27.5 Å². The number of hydrogen-bond acceptors (Lipinski definition) is 6. The lowest BCUT2D eigenvalue weighted by Crippen LogP contribution is -2.51. The van der Waals surface area contributed by atoms with Crippen LogP contribution in [-0.4, -0.2) is 56.0 Å². The molecule has 3 N–H and O–H groups in total. The van der Waals surface area contributed by atoms with Crippen molar-refractivity contribution in [2.24, 2.45) is 0 Å². The Bertz CT molecular complexity index is 1600. The number of nitrogens with one attached hydrogen (secondary N) is 2. The third-order valence-corrected chi connectivity index (χ3v) is 8.09. The molecular weight excluding hydrogens is 585 g/mol. The molecule has 0 radical (unpaired) electrons.